The number of ether oxygens (including phenoxy) is 1. The predicted octanol–water partition coefficient (Wildman–Crippen LogP) is 4.70. The van der Waals surface area contributed by atoms with Crippen molar-refractivity contribution in [2.45, 2.75) is 25.7 Å². The molecule has 0 amide bonds. The lowest BCUT2D eigenvalue weighted by molar-refractivity contribution is 0.0254. The summed E-state index contributed by atoms with van der Waals surface area (Å²) >= 11 is 3.56. The van der Waals surface area contributed by atoms with Gasteiger partial charge in [-0.15, -0.1) is 0 Å². The van der Waals surface area contributed by atoms with Gasteiger partial charge < -0.3 is 10.1 Å². The van der Waals surface area contributed by atoms with E-state index in [9.17, 15) is 4.39 Å². The Morgan fingerprint density at radius 2 is 1.83 bits per heavy atom. The van der Waals surface area contributed by atoms with Gasteiger partial charge in [0.15, 0.2) is 0 Å². The second kappa shape index (κ2) is 9.28. The van der Waals surface area contributed by atoms with Crippen molar-refractivity contribution in [3.63, 3.8) is 0 Å². The molecule has 1 aliphatic rings. The fourth-order valence-electron chi connectivity index (χ4n) is 4.13. The number of benzene rings is 2. The highest BCUT2D eigenvalue weighted by atomic mass is 79.9. The van der Waals surface area contributed by atoms with Crippen molar-refractivity contribution in [1.82, 2.24) is 15.3 Å². The highest BCUT2D eigenvalue weighted by molar-refractivity contribution is 9.10. The molecule has 1 saturated heterocycles. The van der Waals surface area contributed by atoms with Crippen LogP contribution in [0.2, 0.25) is 0 Å². The number of aromatic nitrogens is 2. The van der Waals surface area contributed by atoms with Gasteiger partial charge in [-0.1, -0.05) is 28.1 Å². The van der Waals surface area contributed by atoms with E-state index in [4.69, 9.17) is 4.74 Å². The molecule has 3 aromatic rings. The van der Waals surface area contributed by atoms with E-state index in [-0.39, 0.29) is 11.2 Å². The number of hydrogen-bond acceptors (Lipinski definition) is 4. The van der Waals surface area contributed by atoms with E-state index in [1.807, 2.05) is 18.2 Å². The van der Waals surface area contributed by atoms with Crippen LogP contribution >= 0.6 is 15.9 Å². The lowest BCUT2D eigenvalue weighted by Gasteiger charge is -2.37. The second-order valence-electron chi connectivity index (χ2n) is 7.84. The van der Waals surface area contributed by atoms with Crippen molar-refractivity contribution in [2.75, 3.05) is 26.3 Å². The van der Waals surface area contributed by atoms with Crippen molar-refractivity contribution in [2.24, 2.45) is 5.41 Å². The number of nitrogens with zero attached hydrogens (tertiary/aromatic N) is 2. The van der Waals surface area contributed by atoms with Gasteiger partial charge in [0.05, 0.1) is 24.2 Å². The maximum absolute atomic E-state index is 13.3. The monoisotopic (exact) mass is 457 g/mol. The number of nitrogens with one attached hydrogen (secondary N) is 1. The molecule has 0 aliphatic carbocycles. The number of piperidine rings is 1. The van der Waals surface area contributed by atoms with Crippen LogP contribution in [0.15, 0.2) is 53.3 Å². The molecule has 0 unspecified atom stereocenters. The van der Waals surface area contributed by atoms with Gasteiger partial charge in [0.25, 0.3) is 0 Å². The Labute approximate surface area is 179 Å². The normalized spacial score (nSPS) is 16.2. The van der Waals surface area contributed by atoms with Crippen LogP contribution in [0.1, 0.15) is 24.0 Å². The number of rotatable bonds is 7. The van der Waals surface area contributed by atoms with Crippen LogP contribution in [0.3, 0.4) is 0 Å². The first kappa shape index (κ1) is 20.4. The zero-order valence-corrected chi connectivity index (χ0v) is 17.9. The van der Waals surface area contributed by atoms with E-state index < -0.39 is 0 Å². The number of hydrogen-bond donors (Lipinski definition) is 1. The highest BCUT2D eigenvalue weighted by Crippen LogP contribution is 2.33. The van der Waals surface area contributed by atoms with E-state index in [2.05, 4.69) is 37.3 Å². The minimum absolute atomic E-state index is 0.0994. The molecule has 1 aliphatic heterocycles. The Kier molecular flexibility index (Phi) is 6.53. The van der Waals surface area contributed by atoms with E-state index in [0.29, 0.717) is 13.2 Å². The predicted molar refractivity (Wildman–Crippen MR) is 116 cm³/mol. The molecule has 1 aromatic heterocycles. The van der Waals surface area contributed by atoms with Gasteiger partial charge in [-0.25, -0.2) is 4.39 Å². The third kappa shape index (κ3) is 5.18. The van der Waals surface area contributed by atoms with Gasteiger partial charge in [0.2, 0.25) is 0 Å². The van der Waals surface area contributed by atoms with Crippen molar-refractivity contribution in [1.29, 1.82) is 0 Å². The first-order valence-electron chi connectivity index (χ1n) is 10.1. The zero-order valence-electron chi connectivity index (χ0n) is 16.3. The third-order valence-electron chi connectivity index (χ3n) is 5.70. The number of fused-ring (bicyclic) bond motifs is 1. The van der Waals surface area contributed by atoms with Gasteiger partial charge in [-0.05, 0) is 74.2 Å². The van der Waals surface area contributed by atoms with Crippen LogP contribution in [-0.4, -0.2) is 36.3 Å². The van der Waals surface area contributed by atoms with E-state index in [1.54, 1.807) is 24.5 Å². The van der Waals surface area contributed by atoms with Crippen molar-refractivity contribution in [3.05, 3.63) is 70.2 Å². The summed E-state index contributed by atoms with van der Waals surface area (Å²) in [4.78, 5) is 8.89. The molecule has 2 aromatic carbocycles. The second-order valence-corrected chi connectivity index (χ2v) is 8.76. The summed E-state index contributed by atoms with van der Waals surface area (Å²) in [6.45, 7) is 3.34. The quantitative estimate of drug-likeness (QED) is 0.522. The van der Waals surface area contributed by atoms with Crippen LogP contribution in [0, 0.1) is 11.2 Å². The molecule has 4 nitrogen and oxygen atoms in total. The van der Waals surface area contributed by atoms with E-state index in [1.165, 1.54) is 5.56 Å². The van der Waals surface area contributed by atoms with Gasteiger partial charge in [0, 0.05) is 22.3 Å². The summed E-state index contributed by atoms with van der Waals surface area (Å²) in [6, 6.07) is 11.0. The molecule has 2 heterocycles. The Morgan fingerprint density at radius 3 is 2.62 bits per heavy atom. The highest BCUT2D eigenvalue weighted by Gasteiger charge is 2.32. The lowest BCUT2D eigenvalue weighted by Crippen LogP contribution is -2.41. The van der Waals surface area contributed by atoms with Crippen molar-refractivity contribution in [3.8, 4) is 0 Å². The first-order valence-corrected chi connectivity index (χ1v) is 10.8. The largest absolute Gasteiger partial charge is 0.381 e. The summed E-state index contributed by atoms with van der Waals surface area (Å²) in [7, 11) is 0. The van der Waals surface area contributed by atoms with E-state index in [0.717, 1.165) is 59.8 Å². The van der Waals surface area contributed by atoms with Gasteiger partial charge in [-0.2, -0.15) is 0 Å². The Morgan fingerprint density at radius 1 is 1.07 bits per heavy atom. The van der Waals surface area contributed by atoms with Crippen LogP contribution in [-0.2, 0) is 17.6 Å². The number of halogens is 2. The summed E-state index contributed by atoms with van der Waals surface area (Å²) < 4.78 is 20.5. The van der Waals surface area contributed by atoms with Gasteiger partial charge in [0.1, 0.15) is 5.82 Å². The SMILES string of the molecule is Fc1ccc(CC2(COCCc3cc(Br)cc4nccnc34)CCNCC2)cc1. The van der Waals surface area contributed by atoms with Crippen LogP contribution in [0.25, 0.3) is 11.0 Å². The first-order chi connectivity index (χ1) is 14.1. The minimum Gasteiger partial charge on any atom is -0.381 e. The van der Waals surface area contributed by atoms with Crippen LogP contribution in [0.4, 0.5) is 4.39 Å². The smallest absolute Gasteiger partial charge is 0.123 e. The molecule has 0 atom stereocenters. The maximum Gasteiger partial charge on any atom is 0.123 e. The molecule has 152 valence electrons. The maximum atomic E-state index is 13.3. The Hall–Kier alpha value is -1.89. The lowest BCUT2D eigenvalue weighted by atomic mass is 9.75. The average molecular weight is 458 g/mol. The van der Waals surface area contributed by atoms with Crippen molar-refractivity contribution >= 4 is 27.0 Å². The fraction of sp³-hybridized carbons (Fsp3) is 0.391. The molecular weight excluding hydrogens is 433 g/mol. The topological polar surface area (TPSA) is 47.0 Å². The van der Waals surface area contributed by atoms with Crippen molar-refractivity contribution < 1.29 is 9.13 Å². The molecule has 4 rings (SSSR count). The average Bonchev–Trinajstić information content (AvgIpc) is 2.73. The molecule has 1 N–H and O–H groups in total. The van der Waals surface area contributed by atoms with Crippen LogP contribution in [0.5, 0.6) is 0 Å². The summed E-state index contributed by atoms with van der Waals surface area (Å²) in [5.74, 6) is -0.186. The standard InChI is InChI=1S/C23H25BrFN3O/c24-19-13-18(22-21(14-19)27-10-11-28-22)5-12-29-16-23(6-8-26-9-7-23)15-17-1-3-20(25)4-2-17/h1-4,10-11,13-14,26H,5-9,12,15-16H2. The summed E-state index contributed by atoms with van der Waals surface area (Å²) in [5, 5.41) is 3.44. The fourth-order valence-corrected chi connectivity index (χ4v) is 4.63. The Bertz CT molecular complexity index is 958. The molecule has 0 bridgehead atoms. The molecule has 6 heteroatoms. The molecule has 0 spiro atoms. The third-order valence-corrected chi connectivity index (χ3v) is 6.16. The summed E-state index contributed by atoms with van der Waals surface area (Å²) in [6.07, 6.45) is 7.28. The molecular formula is C23H25BrFN3O. The minimum atomic E-state index is -0.186. The molecule has 1 fully saturated rings. The Balaban J connectivity index is 1.40. The molecule has 0 saturated carbocycles. The van der Waals surface area contributed by atoms with Crippen LogP contribution < -0.4 is 5.32 Å². The van der Waals surface area contributed by atoms with Gasteiger partial charge in [-0.3, -0.25) is 9.97 Å². The zero-order chi connectivity index (χ0) is 20.1. The summed E-state index contributed by atoms with van der Waals surface area (Å²) in [5.41, 5.74) is 4.23. The molecule has 29 heavy (non-hydrogen) atoms. The van der Waals surface area contributed by atoms with E-state index >= 15 is 0 Å². The van der Waals surface area contributed by atoms with Gasteiger partial charge >= 0.3 is 0 Å². The molecule has 0 radical (unpaired) electrons.